The van der Waals surface area contributed by atoms with E-state index in [0.717, 1.165) is 69.6 Å². The highest BCUT2D eigenvalue weighted by atomic mass is 127. The van der Waals surface area contributed by atoms with E-state index in [9.17, 15) is 0 Å². The molecule has 3 fully saturated rings. The maximum absolute atomic E-state index is 5.95. The Kier molecular flexibility index (Phi) is 8.97. The van der Waals surface area contributed by atoms with Gasteiger partial charge in [0.15, 0.2) is 5.96 Å². The Balaban J connectivity index is 0.00000256. The van der Waals surface area contributed by atoms with Crippen LogP contribution in [0.5, 0.6) is 0 Å². The molecule has 8 nitrogen and oxygen atoms in total. The second-order valence-electron chi connectivity index (χ2n) is 7.96. The van der Waals surface area contributed by atoms with E-state index in [1.54, 1.807) is 0 Å². The molecule has 0 aromatic carbocycles. The van der Waals surface area contributed by atoms with Crippen molar-refractivity contribution in [3.63, 3.8) is 0 Å². The van der Waals surface area contributed by atoms with Crippen LogP contribution >= 0.6 is 24.0 Å². The van der Waals surface area contributed by atoms with Crippen LogP contribution in [0.15, 0.2) is 23.3 Å². The second-order valence-corrected chi connectivity index (χ2v) is 7.96. The predicted octanol–water partition coefficient (Wildman–Crippen LogP) is 1.88. The van der Waals surface area contributed by atoms with Gasteiger partial charge in [0.2, 0.25) is 0 Å². The maximum Gasteiger partial charge on any atom is 0.194 e. The molecule has 0 saturated carbocycles. The van der Waals surface area contributed by atoms with Crippen molar-refractivity contribution in [2.24, 2.45) is 4.99 Å². The van der Waals surface area contributed by atoms with Crippen LogP contribution < -0.4 is 10.2 Å². The summed E-state index contributed by atoms with van der Waals surface area (Å²) >= 11 is 0. The Morgan fingerprint density at radius 1 is 1.13 bits per heavy atom. The molecule has 1 aromatic heterocycles. The molecule has 1 N–H and O–H groups in total. The highest BCUT2D eigenvalue weighted by molar-refractivity contribution is 14.0. The molecule has 0 spiro atoms. The average Bonchev–Trinajstić information content (AvgIpc) is 3.30. The van der Waals surface area contributed by atoms with Crippen molar-refractivity contribution < 1.29 is 14.2 Å². The summed E-state index contributed by atoms with van der Waals surface area (Å²) in [5, 5.41) is 3.48. The first-order valence-electron chi connectivity index (χ1n) is 10.7. The van der Waals surface area contributed by atoms with Crippen molar-refractivity contribution in [2.75, 3.05) is 57.9 Å². The van der Waals surface area contributed by atoms with E-state index in [0.29, 0.717) is 13.2 Å². The first-order valence-corrected chi connectivity index (χ1v) is 10.7. The highest BCUT2D eigenvalue weighted by Crippen LogP contribution is 2.21. The van der Waals surface area contributed by atoms with E-state index in [2.05, 4.69) is 44.1 Å². The Labute approximate surface area is 196 Å². The number of rotatable bonds is 4. The van der Waals surface area contributed by atoms with Gasteiger partial charge in [0, 0.05) is 52.6 Å². The molecule has 168 valence electrons. The number of morpholine rings is 2. The van der Waals surface area contributed by atoms with Crippen molar-refractivity contribution in [1.82, 2.24) is 15.2 Å². The molecule has 0 aliphatic carbocycles. The summed E-state index contributed by atoms with van der Waals surface area (Å²) in [5.74, 6) is 1.92. The summed E-state index contributed by atoms with van der Waals surface area (Å²) in [6.07, 6.45) is 4.76. The lowest BCUT2D eigenvalue weighted by molar-refractivity contribution is -0.0817. The van der Waals surface area contributed by atoms with Crippen LogP contribution in [0.3, 0.4) is 0 Å². The van der Waals surface area contributed by atoms with Crippen LogP contribution in [0.4, 0.5) is 5.82 Å². The minimum Gasteiger partial charge on any atom is -0.375 e. The molecule has 0 radical (unpaired) electrons. The quantitative estimate of drug-likeness (QED) is 0.362. The Bertz CT molecular complexity index is 684. The van der Waals surface area contributed by atoms with Crippen molar-refractivity contribution in [2.45, 2.75) is 44.6 Å². The SMILES string of the molecule is CN=C(NCc1ccc(N2CCOC(C)C2)nc1)N1CCOC(C2CCCO2)C1.I. The van der Waals surface area contributed by atoms with Gasteiger partial charge in [0.25, 0.3) is 0 Å². The second kappa shape index (κ2) is 11.4. The number of pyridine rings is 1. The summed E-state index contributed by atoms with van der Waals surface area (Å²) in [6, 6.07) is 4.23. The van der Waals surface area contributed by atoms with E-state index in [-0.39, 0.29) is 42.3 Å². The first kappa shape index (κ1) is 23.5. The number of hydrogen-bond acceptors (Lipinski definition) is 6. The van der Waals surface area contributed by atoms with Crippen molar-refractivity contribution in [3.05, 3.63) is 23.9 Å². The monoisotopic (exact) mass is 531 g/mol. The molecule has 1 aromatic rings. The average molecular weight is 531 g/mol. The molecule has 0 amide bonds. The Morgan fingerprint density at radius 3 is 2.67 bits per heavy atom. The van der Waals surface area contributed by atoms with Crippen molar-refractivity contribution in [1.29, 1.82) is 0 Å². The minimum absolute atomic E-state index is 0. The molecule has 3 unspecified atom stereocenters. The van der Waals surface area contributed by atoms with Gasteiger partial charge in [-0.3, -0.25) is 4.99 Å². The normalized spacial score (nSPS) is 27.7. The third-order valence-corrected chi connectivity index (χ3v) is 5.81. The third-order valence-electron chi connectivity index (χ3n) is 5.81. The minimum atomic E-state index is 0. The van der Waals surface area contributed by atoms with Gasteiger partial charge in [-0.1, -0.05) is 6.07 Å². The maximum atomic E-state index is 5.95. The van der Waals surface area contributed by atoms with Crippen molar-refractivity contribution >= 4 is 35.8 Å². The van der Waals surface area contributed by atoms with Gasteiger partial charge in [-0.05, 0) is 31.4 Å². The number of aliphatic imine (C=N–C) groups is 1. The topological polar surface area (TPSA) is 71.5 Å². The summed E-state index contributed by atoms with van der Waals surface area (Å²) in [5.41, 5.74) is 1.14. The highest BCUT2D eigenvalue weighted by Gasteiger charge is 2.32. The van der Waals surface area contributed by atoms with E-state index in [1.807, 2.05) is 13.2 Å². The first-order chi connectivity index (χ1) is 14.2. The Morgan fingerprint density at radius 2 is 1.97 bits per heavy atom. The molecule has 3 saturated heterocycles. The number of aromatic nitrogens is 1. The number of hydrogen-bond donors (Lipinski definition) is 1. The van der Waals surface area contributed by atoms with E-state index in [1.165, 1.54) is 0 Å². The van der Waals surface area contributed by atoms with Gasteiger partial charge in [-0.15, -0.1) is 24.0 Å². The van der Waals surface area contributed by atoms with E-state index >= 15 is 0 Å². The van der Waals surface area contributed by atoms with Gasteiger partial charge in [0.1, 0.15) is 11.9 Å². The Hall–Kier alpha value is -1.17. The number of nitrogens with zero attached hydrogens (tertiary/aromatic N) is 4. The fraction of sp³-hybridized carbons (Fsp3) is 0.714. The molecule has 0 bridgehead atoms. The van der Waals surface area contributed by atoms with Gasteiger partial charge in [0.05, 0.1) is 25.4 Å². The standard InChI is InChI=1S/C21H33N5O3.HI/c1-16-14-25(7-10-27-16)20-6-5-17(12-23-20)13-24-21(22-2)26-8-11-29-19(15-26)18-4-3-9-28-18;/h5-6,12,16,18-19H,3-4,7-11,13-15H2,1-2H3,(H,22,24);1H. The zero-order valence-electron chi connectivity index (χ0n) is 18.0. The van der Waals surface area contributed by atoms with Crippen LogP contribution in [-0.4, -0.2) is 87.2 Å². The molecular formula is C21H34IN5O3. The van der Waals surface area contributed by atoms with E-state index in [4.69, 9.17) is 14.2 Å². The summed E-state index contributed by atoms with van der Waals surface area (Å²) in [7, 11) is 1.83. The molecule has 3 aliphatic rings. The van der Waals surface area contributed by atoms with Gasteiger partial charge < -0.3 is 29.3 Å². The largest absolute Gasteiger partial charge is 0.375 e. The summed E-state index contributed by atoms with van der Waals surface area (Å²) < 4.78 is 17.4. The molecule has 3 atom stereocenters. The number of ether oxygens (including phenoxy) is 3. The lowest BCUT2D eigenvalue weighted by Gasteiger charge is -2.37. The van der Waals surface area contributed by atoms with Crippen molar-refractivity contribution in [3.8, 4) is 0 Å². The third kappa shape index (κ3) is 5.95. The lowest BCUT2D eigenvalue weighted by atomic mass is 10.1. The molecule has 30 heavy (non-hydrogen) atoms. The predicted molar refractivity (Wildman–Crippen MR) is 128 cm³/mol. The van der Waals surface area contributed by atoms with Crippen LogP contribution in [0, 0.1) is 0 Å². The molecule has 4 rings (SSSR count). The number of guanidine groups is 1. The van der Waals surface area contributed by atoms with Gasteiger partial charge >= 0.3 is 0 Å². The van der Waals surface area contributed by atoms with Crippen LogP contribution in [0.1, 0.15) is 25.3 Å². The smallest absolute Gasteiger partial charge is 0.194 e. The number of halogens is 1. The summed E-state index contributed by atoms with van der Waals surface area (Å²) in [6.45, 7) is 8.56. The molecular weight excluding hydrogens is 497 g/mol. The van der Waals surface area contributed by atoms with Gasteiger partial charge in [-0.2, -0.15) is 0 Å². The molecule has 3 aliphatic heterocycles. The number of nitrogens with one attached hydrogen (secondary N) is 1. The van der Waals surface area contributed by atoms with E-state index < -0.39 is 0 Å². The zero-order chi connectivity index (χ0) is 20.1. The lowest BCUT2D eigenvalue weighted by Crippen LogP contribution is -2.53. The zero-order valence-corrected chi connectivity index (χ0v) is 20.3. The van der Waals surface area contributed by atoms with Gasteiger partial charge in [-0.25, -0.2) is 4.98 Å². The molecule has 4 heterocycles. The fourth-order valence-corrected chi connectivity index (χ4v) is 4.24. The molecule has 9 heteroatoms. The van der Waals surface area contributed by atoms with Crippen LogP contribution in [-0.2, 0) is 20.8 Å². The fourth-order valence-electron chi connectivity index (χ4n) is 4.24. The van der Waals surface area contributed by atoms with Crippen LogP contribution in [0.2, 0.25) is 0 Å². The van der Waals surface area contributed by atoms with Crippen LogP contribution in [0.25, 0.3) is 0 Å². The summed E-state index contributed by atoms with van der Waals surface area (Å²) in [4.78, 5) is 13.7. The number of anilines is 1.